The van der Waals surface area contributed by atoms with Crippen LogP contribution in [-0.4, -0.2) is 75.8 Å². The van der Waals surface area contributed by atoms with Gasteiger partial charge in [0.15, 0.2) is 5.65 Å². The quantitative estimate of drug-likeness (QED) is 0.637. The molecule has 2 aromatic heterocycles. The number of anilines is 2. The Labute approximate surface area is 186 Å². The molecule has 3 aliphatic rings. The molecule has 170 valence electrons. The second-order valence-corrected chi connectivity index (χ2v) is 8.72. The zero-order chi connectivity index (χ0) is 22.1. The smallest absolute Gasteiger partial charge is 0.231 e. The Morgan fingerprint density at radius 2 is 2.12 bits per heavy atom. The van der Waals surface area contributed by atoms with Gasteiger partial charge in [0.2, 0.25) is 17.8 Å². The summed E-state index contributed by atoms with van der Waals surface area (Å²) in [6.45, 7) is 8.99. The highest BCUT2D eigenvalue weighted by Crippen LogP contribution is 2.26. The Morgan fingerprint density at radius 1 is 1.28 bits per heavy atom. The van der Waals surface area contributed by atoms with E-state index in [0.29, 0.717) is 42.8 Å². The lowest BCUT2D eigenvalue weighted by molar-refractivity contribution is -0.118. The van der Waals surface area contributed by atoms with Gasteiger partial charge in [0.05, 0.1) is 19.2 Å². The molecule has 9 nitrogen and oxygen atoms in total. The minimum absolute atomic E-state index is 0.0700. The molecule has 0 unspecified atom stereocenters. The maximum Gasteiger partial charge on any atom is 0.231 e. The number of rotatable bonds is 7. The molecule has 3 aliphatic heterocycles. The van der Waals surface area contributed by atoms with Gasteiger partial charge in [0.1, 0.15) is 6.17 Å². The number of nitrogens with one attached hydrogen (secondary N) is 2. The molecule has 0 bridgehead atoms. The lowest BCUT2D eigenvalue weighted by Gasteiger charge is -2.18. The fourth-order valence-electron chi connectivity index (χ4n) is 4.57. The SMILES string of the molecule is C=C1NC(=O)C/C1=C\c1cnn2c(N3CC[C@@H](F)C3)nc(NCCCN3CCCC3)nc12. The van der Waals surface area contributed by atoms with E-state index in [2.05, 4.69) is 32.2 Å². The molecule has 5 rings (SSSR count). The van der Waals surface area contributed by atoms with Gasteiger partial charge >= 0.3 is 0 Å². The molecule has 3 fully saturated rings. The van der Waals surface area contributed by atoms with Gasteiger partial charge < -0.3 is 20.4 Å². The van der Waals surface area contributed by atoms with Crippen LogP contribution in [0.15, 0.2) is 24.0 Å². The number of fused-ring (bicyclic) bond motifs is 1. The summed E-state index contributed by atoms with van der Waals surface area (Å²) >= 11 is 0. The summed E-state index contributed by atoms with van der Waals surface area (Å²) in [5.74, 6) is 1.02. The number of hydrogen-bond donors (Lipinski definition) is 2. The molecule has 2 N–H and O–H groups in total. The summed E-state index contributed by atoms with van der Waals surface area (Å²) in [4.78, 5) is 25.5. The lowest BCUT2D eigenvalue weighted by atomic mass is 10.1. The van der Waals surface area contributed by atoms with Crippen LogP contribution in [0, 0.1) is 0 Å². The average molecular weight is 441 g/mol. The molecule has 32 heavy (non-hydrogen) atoms. The second kappa shape index (κ2) is 8.85. The number of carbonyl (C=O) groups excluding carboxylic acids is 1. The average Bonchev–Trinajstić information content (AvgIpc) is 3.55. The number of nitrogens with zero attached hydrogens (tertiary/aromatic N) is 6. The Morgan fingerprint density at radius 3 is 2.84 bits per heavy atom. The summed E-state index contributed by atoms with van der Waals surface area (Å²) in [7, 11) is 0. The van der Waals surface area contributed by atoms with Crippen LogP contribution in [0.4, 0.5) is 16.3 Å². The number of allylic oxidation sites excluding steroid dienone is 1. The first-order valence-electron chi connectivity index (χ1n) is 11.4. The van der Waals surface area contributed by atoms with Crippen molar-refractivity contribution in [1.82, 2.24) is 29.8 Å². The van der Waals surface area contributed by atoms with E-state index in [4.69, 9.17) is 4.98 Å². The number of amides is 1. The highest BCUT2D eigenvalue weighted by atomic mass is 19.1. The molecule has 0 aliphatic carbocycles. The number of hydrogen-bond acceptors (Lipinski definition) is 7. The predicted molar refractivity (Wildman–Crippen MR) is 121 cm³/mol. The van der Waals surface area contributed by atoms with Gasteiger partial charge in [0.25, 0.3) is 0 Å². The van der Waals surface area contributed by atoms with Crippen molar-refractivity contribution in [2.45, 2.75) is 38.3 Å². The molecule has 5 heterocycles. The van der Waals surface area contributed by atoms with E-state index < -0.39 is 6.17 Å². The number of carbonyl (C=O) groups is 1. The van der Waals surface area contributed by atoms with Crippen LogP contribution in [0.2, 0.25) is 0 Å². The zero-order valence-corrected chi connectivity index (χ0v) is 18.2. The van der Waals surface area contributed by atoms with Gasteiger partial charge in [-0.1, -0.05) is 6.58 Å². The Bertz CT molecular complexity index is 1060. The second-order valence-electron chi connectivity index (χ2n) is 8.72. The molecule has 2 aromatic rings. The van der Waals surface area contributed by atoms with Crippen molar-refractivity contribution < 1.29 is 9.18 Å². The number of alkyl halides is 1. The van der Waals surface area contributed by atoms with Crippen molar-refractivity contribution in [3.63, 3.8) is 0 Å². The van der Waals surface area contributed by atoms with Crippen molar-refractivity contribution in [2.75, 3.05) is 49.5 Å². The number of likely N-dealkylation sites (tertiary alicyclic amines) is 1. The first-order chi connectivity index (χ1) is 15.6. The van der Waals surface area contributed by atoms with Crippen molar-refractivity contribution in [2.24, 2.45) is 0 Å². The van der Waals surface area contributed by atoms with Crippen molar-refractivity contribution in [3.05, 3.63) is 29.6 Å². The number of aromatic nitrogens is 4. The summed E-state index contributed by atoms with van der Waals surface area (Å²) in [6.07, 6.45) is 7.07. The first-order valence-corrected chi connectivity index (χ1v) is 11.4. The van der Waals surface area contributed by atoms with Gasteiger partial charge in [-0.25, -0.2) is 4.39 Å². The van der Waals surface area contributed by atoms with Crippen molar-refractivity contribution in [1.29, 1.82) is 0 Å². The third-order valence-corrected chi connectivity index (χ3v) is 6.28. The number of halogens is 1. The van der Waals surface area contributed by atoms with Crippen molar-refractivity contribution in [3.8, 4) is 0 Å². The monoisotopic (exact) mass is 440 g/mol. The largest absolute Gasteiger partial charge is 0.354 e. The predicted octanol–water partition coefficient (Wildman–Crippen LogP) is 1.99. The topological polar surface area (TPSA) is 90.7 Å². The summed E-state index contributed by atoms with van der Waals surface area (Å²) in [5, 5.41) is 10.6. The summed E-state index contributed by atoms with van der Waals surface area (Å²) in [6, 6.07) is 0. The van der Waals surface area contributed by atoms with Gasteiger partial charge in [-0.05, 0) is 57.0 Å². The molecule has 1 amide bonds. The molecule has 0 radical (unpaired) electrons. The van der Waals surface area contributed by atoms with Crippen molar-refractivity contribution >= 4 is 29.5 Å². The van der Waals surface area contributed by atoms with Gasteiger partial charge in [-0.15, -0.1) is 0 Å². The van der Waals surface area contributed by atoms with Crippen LogP contribution < -0.4 is 15.5 Å². The van der Waals surface area contributed by atoms with E-state index in [1.54, 1.807) is 10.7 Å². The fourth-order valence-corrected chi connectivity index (χ4v) is 4.57. The zero-order valence-electron chi connectivity index (χ0n) is 18.2. The first kappa shape index (κ1) is 20.9. The Hall–Kier alpha value is -3.01. The third kappa shape index (κ3) is 4.32. The van der Waals surface area contributed by atoms with E-state index in [1.807, 2.05) is 11.0 Å². The van der Waals surface area contributed by atoms with Crippen LogP contribution in [0.1, 0.15) is 37.7 Å². The van der Waals surface area contributed by atoms with Crippen LogP contribution in [0.5, 0.6) is 0 Å². The fraction of sp³-hybridized carbons (Fsp3) is 0.545. The molecule has 0 saturated carbocycles. The molecule has 1 atom stereocenters. The van der Waals surface area contributed by atoms with E-state index in [9.17, 15) is 9.18 Å². The molecule has 0 spiro atoms. The summed E-state index contributed by atoms with van der Waals surface area (Å²) < 4.78 is 15.6. The van der Waals surface area contributed by atoms with Gasteiger partial charge in [-0.2, -0.15) is 19.6 Å². The van der Waals surface area contributed by atoms with Gasteiger partial charge in [0, 0.05) is 24.4 Å². The third-order valence-electron chi connectivity index (χ3n) is 6.28. The van der Waals surface area contributed by atoms with E-state index in [1.165, 1.54) is 25.9 Å². The van der Waals surface area contributed by atoms with E-state index in [0.717, 1.165) is 30.6 Å². The van der Waals surface area contributed by atoms with Crippen LogP contribution >= 0.6 is 0 Å². The molecule has 0 aromatic carbocycles. The normalized spacial score (nSPS) is 23.1. The summed E-state index contributed by atoms with van der Waals surface area (Å²) in [5.41, 5.74) is 2.82. The molecule has 3 saturated heterocycles. The van der Waals surface area contributed by atoms with Crippen LogP contribution in [0.25, 0.3) is 11.7 Å². The maximum atomic E-state index is 13.9. The molecular weight excluding hydrogens is 411 g/mol. The Balaban J connectivity index is 1.41. The highest BCUT2D eigenvalue weighted by molar-refractivity contribution is 5.89. The maximum absolute atomic E-state index is 13.9. The van der Waals surface area contributed by atoms with E-state index >= 15 is 0 Å². The minimum Gasteiger partial charge on any atom is -0.354 e. The van der Waals surface area contributed by atoms with Gasteiger partial charge in [-0.3, -0.25) is 4.79 Å². The van der Waals surface area contributed by atoms with Crippen LogP contribution in [0.3, 0.4) is 0 Å². The minimum atomic E-state index is -0.868. The van der Waals surface area contributed by atoms with Crippen LogP contribution in [-0.2, 0) is 4.79 Å². The lowest BCUT2D eigenvalue weighted by Crippen LogP contribution is -2.26. The standard InChI is InChI=1S/C22H29FN8O/c1-15-16(12-19(32)26-15)11-17-13-25-31-20(17)27-21(24-6-4-9-29-7-2-3-8-29)28-22(31)30-10-5-18(23)14-30/h11,13,18H,1-10,12,14H2,(H,24,27)(H,26,32)/b16-11+/t18-/m1/s1. The molecular formula is C22H29FN8O. The highest BCUT2D eigenvalue weighted by Gasteiger charge is 2.27. The molecule has 10 heteroatoms. The van der Waals surface area contributed by atoms with E-state index in [-0.39, 0.29) is 12.3 Å². The Kier molecular flexibility index (Phi) is 5.77.